The van der Waals surface area contributed by atoms with Crippen molar-refractivity contribution in [3.05, 3.63) is 53.3 Å². The summed E-state index contributed by atoms with van der Waals surface area (Å²) in [5, 5.41) is 0. The SMILES string of the molecule is CCC1CCCCN1c1nc(C)cc(C(=O)N(CC)Cc2ccccc2)n1. The van der Waals surface area contributed by atoms with Crippen molar-refractivity contribution < 1.29 is 4.79 Å². The zero-order valence-corrected chi connectivity index (χ0v) is 16.7. The van der Waals surface area contributed by atoms with E-state index in [9.17, 15) is 4.79 Å². The van der Waals surface area contributed by atoms with Crippen molar-refractivity contribution in [1.29, 1.82) is 0 Å². The second-order valence-corrected chi connectivity index (χ2v) is 7.25. The molecule has 1 saturated heterocycles. The average molecular weight is 367 g/mol. The van der Waals surface area contributed by atoms with E-state index < -0.39 is 0 Å². The molecule has 1 unspecified atom stereocenters. The van der Waals surface area contributed by atoms with Crippen LogP contribution in [0.1, 0.15) is 61.3 Å². The molecule has 27 heavy (non-hydrogen) atoms. The van der Waals surface area contributed by atoms with Gasteiger partial charge >= 0.3 is 0 Å². The molecule has 2 heterocycles. The number of hydrogen-bond acceptors (Lipinski definition) is 4. The number of rotatable bonds is 6. The van der Waals surface area contributed by atoms with Crippen LogP contribution in [-0.4, -0.2) is 39.9 Å². The van der Waals surface area contributed by atoms with Gasteiger partial charge < -0.3 is 9.80 Å². The predicted molar refractivity (Wildman–Crippen MR) is 109 cm³/mol. The largest absolute Gasteiger partial charge is 0.338 e. The van der Waals surface area contributed by atoms with E-state index in [1.807, 2.05) is 55.1 Å². The van der Waals surface area contributed by atoms with E-state index in [2.05, 4.69) is 21.8 Å². The van der Waals surface area contributed by atoms with Gasteiger partial charge in [-0.1, -0.05) is 37.3 Å². The first-order valence-corrected chi connectivity index (χ1v) is 10.1. The predicted octanol–water partition coefficient (Wildman–Crippen LogP) is 4.22. The molecule has 1 fully saturated rings. The van der Waals surface area contributed by atoms with Crippen molar-refractivity contribution in [3.63, 3.8) is 0 Å². The van der Waals surface area contributed by atoms with Crippen LogP contribution in [-0.2, 0) is 6.54 Å². The fraction of sp³-hybridized carbons (Fsp3) is 0.500. The highest BCUT2D eigenvalue weighted by Gasteiger charge is 2.25. The second-order valence-electron chi connectivity index (χ2n) is 7.25. The van der Waals surface area contributed by atoms with Crippen LogP contribution in [0.15, 0.2) is 36.4 Å². The summed E-state index contributed by atoms with van der Waals surface area (Å²) >= 11 is 0. The standard InChI is InChI=1S/C22H30N4O/c1-4-19-13-9-10-14-26(19)22-23-17(3)15-20(24-22)21(27)25(5-2)16-18-11-7-6-8-12-18/h6-8,11-12,15,19H,4-5,9-10,13-14,16H2,1-3H3. The summed E-state index contributed by atoms with van der Waals surface area (Å²) in [5.41, 5.74) is 2.47. The van der Waals surface area contributed by atoms with E-state index in [-0.39, 0.29) is 5.91 Å². The van der Waals surface area contributed by atoms with Crippen molar-refractivity contribution in [3.8, 4) is 0 Å². The monoisotopic (exact) mass is 366 g/mol. The van der Waals surface area contributed by atoms with Crippen LogP contribution in [0.4, 0.5) is 5.95 Å². The van der Waals surface area contributed by atoms with Gasteiger partial charge in [-0.25, -0.2) is 9.97 Å². The van der Waals surface area contributed by atoms with Crippen LogP contribution in [0.2, 0.25) is 0 Å². The zero-order valence-electron chi connectivity index (χ0n) is 16.7. The van der Waals surface area contributed by atoms with Gasteiger partial charge in [0.2, 0.25) is 5.95 Å². The lowest BCUT2D eigenvalue weighted by atomic mass is 10.0. The highest BCUT2D eigenvalue weighted by Crippen LogP contribution is 2.24. The number of piperidine rings is 1. The number of carbonyl (C=O) groups is 1. The Bertz CT molecular complexity index is 762. The molecular weight excluding hydrogens is 336 g/mol. The highest BCUT2D eigenvalue weighted by molar-refractivity contribution is 5.92. The van der Waals surface area contributed by atoms with Gasteiger partial charge in [-0.3, -0.25) is 4.79 Å². The quantitative estimate of drug-likeness (QED) is 0.768. The number of aryl methyl sites for hydroxylation is 1. The minimum atomic E-state index is -0.0295. The van der Waals surface area contributed by atoms with Crippen molar-refractivity contribution in [2.24, 2.45) is 0 Å². The number of amides is 1. The minimum Gasteiger partial charge on any atom is -0.338 e. The number of benzene rings is 1. The first kappa shape index (κ1) is 19.3. The van der Waals surface area contributed by atoms with Crippen LogP contribution in [0.25, 0.3) is 0 Å². The fourth-order valence-corrected chi connectivity index (χ4v) is 3.77. The summed E-state index contributed by atoms with van der Waals surface area (Å²) in [6.45, 7) is 8.37. The van der Waals surface area contributed by atoms with Gasteiger partial charge in [-0.15, -0.1) is 0 Å². The topological polar surface area (TPSA) is 49.3 Å². The Balaban J connectivity index is 1.84. The molecule has 5 nitrogen and oxygen atoms in total. The molecule has 1 aliphatic heterocycles. The molecule has 1 aliphatic rings. The smallest absolute Gasteiger partial charge is 0.272 e. The van der Waals surface area contributed by atoms with E-state index >= 15 is 0 Å². The van der Waals surface area contributed by atoms with Crippen molar-refractivity contribution in [2.45, 2.75) is 59.0 Å². The van der Waals surface area contributed by atoms with Gasteiger partial charge in [-0.05, 0) is 51.2 Å². The van der Waals surface area contributed by atoms with Gasteiger partial charge in [0.25, 0.3) is 5.91 Å². The average Bonchev–Trinajstić information content (AvgIpc) is 2.71. The Labute approximate surface area is 162 Å². The van der Waals surface area contributed by atoms with Crippen molar-refractivity contribution in [1.82, 2.24) is 14.9 Å². The number of carbonyl (C=O) groups excluding carboxylic acids is 1. The molecule has 5 heteroatoms. The Morgan fingerprint density at radius 3 is 2.67 bits per heavy atom. The summed E-state index contributed by atoms with van der Waals surface area (Å²) in [6, 6.07) is 12.4. The molecule has 3 rings (SSSR count). The Morgan fingerprint density at radius 1 is 1.19 bits per heavy atom. The molecule has 1 aromatic heterocycles. The maximum atomic E-state index is 13.1. The van der Waals surface area contributed by atoms with Crippen LogP contribution in [0.3, 0.4) is 0 Å². The molecule has 0 N–H and O–H groups in total. The summed E-state index contributed by atoms with van der Waals surface area (Å²) < 4.78 is 0. The van der Waals surface area contributed by atoms with Crippen molar-refractivity contribution >= 4 is 11.9 Å². The third kappa shape index (κ3) is 4.65. The molecule has 144 valence electrons. The van der Waals surface area contributed by atoms with Crippen LogP contribution < -0.4 is 4.90 Å². The molecule has 0 radical (unpaired) electrons. The Morgan fingerprint density at radius 2 is 1.96 bits per heavy atom. The molecule has 2 aromatic rings. The molecule has 0 saturated carbocycles. The van der Waals surface area contributed by atoms with Crippen LogP contribution in [0, 0.1) is 6.92 Å². The van der Waals surface area contributed by atoms with Crippen LogP contribution >= 0.6 is 0 Å². The van der Waals surface area contributed by atoms with Gasteiger partial charge in [-0.2, -0.15) is 0 Å². The van der Waals surface area contributed by atoms with Gasteiger partial charge in [0.05, 0.1) is 0 Å². The lowest BCUT2D eigenvalue weighted by Gasteiger charge is -2.35. The van der Waals surface area contributed by atoms with Gasteiger partial charge in [0.1, 0.15) is 5.69 Å². The summed E-state index contributed by atoms with van der Waals surface area (Å²) in [6.07, 6.45) is 4.67. The first-order valence-electron chi connectivity index (χ1n) is 10.1. The van der Waals surface area contributed by atoms with Gasteiger partial charge in [0.15, 0.2) is 0 Å². The van der Waals surface area contributed by atoms with E-state index in [1.165, 1.54) is 12.8 Å². The number of hydrogen-bond donors (Lipinski definition) is 0. The first-order chi connectivity index (χ1) is 13.1. The number of aromatic nitrogens is 2. The Kier molecular flexibility index (Phi) is 6.43. The molecule has 1 aromatic carbocycles. The molecular formula is C22H30N4O. The van der Waals surface area contributed by atoms with E-state index in [4.69, 9.17) is 0 Å². The summed E-state index contributed by atoms with van der Waals surface area (Å²) in [7, 11) is 0. The maximum absolute atomic E-state index is 13.1. The number of nitrogens with zero attached hydrogens (tertiary/aromatic N) is 4. The lowest BCUT2D eigenvalue weighted by Crippen LogP contribution is -2.41. The van der Waals surface area contributed by atoms with Crippen LogP contribution in [0.5, 0.6) is 0 Å². The fourth-order valence-electron chi connectivity index (χ4n) is 3.77. The molecule has 1 amide bonds. The lowest BCUT2D eigenvalue weighted by molar-refractivity contribution is 0.0746. The second kappa shape index (κ2) is 8.98. The molecule has 1 atom stereocenters. The summed E-state index contributed by atoms with van der Waals surface area (Å²) in [5.74, 6) is 0.679. The molecule has 0 aliphatic carbocycles. The normalized spacial score (nSPS) is 17.0. The number of anilines is 1. The zero-order chi connectivity index (χ0) is 19.2. The highest BCUT2D eigenvalue weighted by atomic mass is 16.2. The minimum absolute atomic E-state index is 0.0295. The third-order valence-electron chi connectivity index (χ3n) is 5.30. The molecule has 0 bridgehead atoms. The third-order valence-corrected chi connectivity index (χ3v) is 5.30. The van der Waals surface area contributed by atoms with E-state index in [1.54, 1.807) is 0 Å². The van der Waals surface area contributed by atoms with E-state index in [0.29, 0.717) is 30.8 Å². The maximum Gasteiger partial charge on any atom is 0.272 e. The van der Waals surface area contributed by atoms with Gasteiger partial charge in [0, 0.05) is 31.4 Å². The Hall–Kier alpha value is -2.43. The van der Waals surface area contributed by atoms with E-state index in [0.717, 1.165) is 30.6 Å². The summed E-state index contributed by atoms with van der Waals surface area (Å²) in [4.78, 5) is 26.6. The van der Waals surface area contributed by atoms with Crippen molar-refractivity contribution in [2.75, 3.05) is 18.0 Å². The molecule has 0 spiro atoms.